The van der Waals surface area contributed by atoms with Gasteiger partial charge in [-0.05, 0) is 42.4 Å². The Morgan fingerprint density at radius 3 is 2.53 bits per heavy atom. The average molecular weight is 250 g/mol. The number of anilines is 1. The minimum atomic E-state index is -0.0979. The molecule has 1 aromatic carbocycles. The molecule has 0 spiro atoms. The highest BCUT2D eigenvalue weighted by atomic mass is 32.2. The second-order valence-corrected chi connectivity index (χ2v) is 5.58. The molecule has 0 unspecified atom stereocenters. The summed E-state index contributed by atoms with van der Waals surface area (Å²) in [5, 5.41) is 5.85. The Bertz CT molecular complexity index is 396. The molecular formula is C13H18N2OS. The number of amides is 2. The van der Waals surface area contributed by atoms with E-state index in [-0.39, 0.29) is 6.03 Å². The van der Waals surface area contributed by atoms with Gasteiger partial charge in [0, 0.05) is 12.2 Å². The number of nitrogens with one attached hydrogen (secondary N) is 2. The molecule has 0 aromatic heterocycles. The van der Waals surface area contributed by atoms with E-state index in [1.165, 1.54) is 11.5 Å². The molecule has 1 aliphatic rings. The number of benzene rings is 1. The fourth-order valence-electron chi connectivity index (χ4n) is 1.81. The third-order valence-corrected chi connectivity index (χ3v) is 4.39. The maximum Gasteiger partial charge on any atom is 0.319 e. The summed E-state index contributed by atoms with van der Waals surface area (Å²) in [5.74, 6) is 3.00. The SMILES string of the molecule is Cc1cccc(C)c1NC(=O)NCC1CSC1. The van der Waals surface area contributed by atoms with E-state index in [1.54, 1.807) is 0 Å². The molecule has 1 saturated heterocycles. The van der Waals surface area contributed by atoms with E-state index in [1.807, 2.05) is 43.8 Å². The Kier molecular flexibility index (Phi) is 3.94. The Hall–Kier alpha value is -1.16. The van der Waals surface area contributed by atoms with Crippen molar-refractivity contribution in [3.8, 4) is 0 Å². The first kappa shape index (κ1) is 12.3. The predicted molar refractivity (Wildman–Crippen MR) is 73.8 cm³/mol. The number of urea groups is 1. The van der Waals surface area contributed by atoms with Crippen LogP contribution in [0.5, 0.6) is 0 Å². The molecule has 1 fully saturated rings. The van der Waals surface area contributed by atoms with Crippen LogP contribution in [0.3, 0.4) is 0 Å². The lowest BCUT2D eigenvalue weighted by Crippen LogP contribution is -2.37. The fraction of sp³-hybridized carbons (Fsp3) is 0.462. The number of carbonyl (C=O) groups is 1. The van der Waals surface area contributed by atoms with E-state index in [0.29, 0.717) is 5.92 Å². The number of thioether (sulfide) groups is 1. The monoisotopic (exact) mass is 250 g/mol. The van der Waals surface area contributed by atoms with Crippen molar-refractivity contribution in [3.63, 3.8) is 0 Å². The number of hydrogen-bond donors (Lipinski definition) is 2. The zero-order valence-electron chi connectivity index (χ0n) is 10.2. The van der Waals surface area contributed by atoms with Gasteiger partial charge >= 0.3 is 6.03 Å². The largest absolute Gasteiger partial charge is 0.338 e. The van der Waals surface area contributed by atoms with Crippen molar-refractivity contribution in [2.75, 3.05) is 23.4 Å². The van der Waals surface area contributed by atoms with Crippen LogP contribution in [0.25, 0.3) is 0 Å². The normalized spacial score (nSPS) is 15.2. The molecule has 0 atom stereocenters. The molecule has 1 aliphatic heterocycles. The zero-order valence-corrected chi connectivity index (χ0v) is 11.1. The molecule has 0 radical (unpaired) electrons. The van der Waals surface area contributed by atoms with Crippen LogP contribution in [0.1, 0.15) is 11.1 Å². The molecule has 0 aliphatic carbocycles. The molecule has 0 bridgehead atoms. The number of hydrogen-bond acceptors (Lipinski definition) is 2. The summed E-state index contributed by atoms with van der Waals surface area (Å²) < 4.78 is 0. The van der Waals surface area contributed by atoms with Crippen LogP contribution in [0.4, 0.5) is 10.5 Å². The quantitative estimate of drug-likeness (QED) is 0.866. The fourth-order valence-corrected chi connectivity index (χ4v) is 2.61. The zero-order chi connectivity index (χ0) is 12.3. The van der Waals surface area contributed by atoms with Crippen molar-refractivity contribution in [1.82, 2.24) is 5.32 Å². The standard InChI is InChI=1S/C13H18N2OS/c1-9-4-3-5-10(2)12(9)15-13(16)14-6-11-7-17-8-11/h3-5,11H,6-8H2,1-2H3,(H2,14,15,16). The molecule has 92 valence electrons. The summed E-state index contributed by atoms with van der Waals surface area (Å²) in [6.45, 7) is 4.79. The van der Waals surface area contributed by atoms with Gasteiger partial charge in [0.1, 0.15) is 0 Å². The lowest BCUT2D eigenvalue weighted by atomic mass is 10.1. The van der Waals surface area contributed by atoms with Crippen LogP contribution in [0.15, 0.2) is 18.2 Å². The minimum Gasteiger partial charge on any atom is -0.338 e. The number of rotatable bonds is 3. The molecule has 1 heterocycles. The van der Waals surface area contributed by atoms with Crippen LogP contribution in [0.2, 0.25) is 0 Å². The van der Waals surface area contributed by atoms with Gasteiger partial charge in [0.25, 0.3) is 0 Å². The molecule has 0 saturated carbocycles. The van der Waals surface area contributed by atoms with Crippen molar-refractivity contribution in [2.45, 2.75) is 13.8 Å². The summed E-state index contributed by atoms with van der Waals surface area (Å²) in [7, 11) is 0. The molecule has 4 heteroatoms. The smallest absolute Gasteiger partial charge is 0.319 e. The minimum absolute atomic E-state index is 0.0979. The topological polar surface area (TPSA) is 41.1 Å². The first-order valence-electron chi connectivity index (χ1n) is 5.85. The molecule has 3 nitrogen and oxygen atoms in total. The van der Waals surface area contributed by atoms with Crippen LogP contribution in [-0.4, -0.2) is 24.1 Å². The van der Waals surface area contributed by atoms with E-state index in [0.717, 1.165) is 23.4 Å². The van der Waals surface area contributed by atoms with Crippen molar-refractivity contribution in [1.29, 1.82) is 0 Å². The van der Waals surface area contributed by atoms with Gasteiger partial charge in [0.2, 0.25) is 0 Å². The highest BCUT2D eigenvalue weighted by molar-refractivity contribution is 8.00. The van der Waals surface area contributed by atoms with E-state index in [2.05, 4.69) is 10.6 Å². The molecule has 1 aromatic rings. The molecule has 17 heavy (non-hydrogen) atoms. The van der Waals surface area contributed by atoms with E-state index >= 15 is 0 Å². The summed E-state index contributed by atoms with van der Waals surface area (Å²) in [6, 6.07) is 5.91. The van der Waals surface area contributed by atoms with Crippen LogP contribution in [0, 0.1) is 19.8 Å². The Labute approximate surface area is 106 Å². The first-order valence-corrected chi connectivity index (χ1v) is 7.01. The molecule has 2 rings (SSSR count). The van der Waals surface area contributed by atoms with E-state index < -0.39 is 0 Å². The van der Waals surface area contributed by atoms with Crippen molar-refractivity contribution in [3.05, 3.63) is 29.3 Å². The molecule has 2 N–H and O–H groups in total. The number of carbonyl (C=O) groups excluding carboxylic acids is 1. The lowest BCUT2D eigenvalue weighted by molar-refractivity contribution is 0.251. The number of para-hydroxylation sites is 1. The Morgan fingerprint density at radius 1 is 1.35 bits per heavy atom. The van der Waals surface area contributed by atoms with Gasteiger partial charge in [-0.15, -0.1) is 0 Å². The third kappa shape index (κ3) is 3.16. The van der Waals surface area contributed by atoms with Gasteiger partial charge in [0.15, 0.2) is 0 Å². The molecule has 2 amide bonds. The van der Waals surface area contributed by atoms with Crippen LogP contribution in [-0.2, 0) is 0 Å². The van der Waals surface area contributed by atoms with Crippen molar-refractivity contribution < 1.29 is 4.79 Å². The van der Waals surface area contributed by atoms with Gasteiger partial charge in [-0.1, -0.05) is 18.2 Å². The van der Waals surface area contributed by atoms with Crippen LogP contribution >= 0.6 is 11.8 Å². The van der Waals surface area contributed by atoms with Crippen molar-refractivity contribution >= 4 is 23.5 Å². The maximum atomic E-state index is 11.7. The van der Waals surface area contributed by atoms with Gasteiger partial charge in [0.05, 0.1) is 0 Å². The van der Waals surface area contributed by atoms with E-state index in [9.17, 15) is 4.79 Å². The van der Waals surface area contributed by atoms with E-state index in [4.69, 9.17) is 0 Å². The first-order chi connectivity index (χ1) is 8.16. The van der Waals surface area contributed by atoms with Crippen LogP contribution < -0.4 is 10.6 Å². The Balaban J connectivity index is 1.88. The van der Waals surface area contributed by atoms with Gasteiger partial charge in [-0.2, -0.15) is 11.8 Å². The second-order valence-electron chi connectivity index (χ2n) is 4.51. The van der Waals surface area contributed by atoms with Crippen molar-refractivity contribution in [2.24, 2.45) is 5.92 Å². The average Bonchev–Trinajstić information content (AvgIpc) is 2.21. The second kappa shape index (κ2) is 5.45. The predicted octanol–water partition coefficient (Wildman–Crippen LogP) is 2.79. The summed E-state index contributed by atoms with van der Waals surface area (Å²) in [6.07, 6.45) is 0. The highest BCUT2D eigenvalue weighted by Gasteiger charge is 2.18. The number of aryl methyl sites for hydroxylation is 2. The van der Waals surface area contributed by atoms with Gasteiger partial charge in [-0.25, -0.2) is 4.79 Å². The maximum absolute atomic E-state index is 11.7. The van der Waals surface area contributed by atoms with Gasteiger partial charge < -0.3 is 10.6 Å². The third-order valence-electron chi connectivity index (χ3n) is 2.98. The Morgan fingerprint density at radius 2 is 2.00 bits per heavy atom. The molecular weight excluding hydrogens is 232 g/mol. The summed E-state index contributed by atoms with van der Waals surface area (Å²) in [5.41, 5.74) is 3.12. The summed E-state index contributed by atoms with van der Waals surface area (Å²) in [4.78, 5) is 11.7. The lowest BCUT2D eigenvalue weighted by Gasteiger charge is -2.25. The highest BCUT2D eigenvalue weighted by Crippen LogP contribution is 2.23. The summed E-state index contributed by atoms with van der Waals surface area (Å²) >= 11 is 1.93. The van der Waals surface area contributed by atoms with Gasteiger partial charge in [-0.3, -0.25) is 0 Å².